The van der Waals surface area contributed by atoms with Crippen LogP contribution in [-0.4, -0.2) is 23.6 Å². The van der Waals surface area contributed by atoms with E-state index in [1.165, 1.54) is 31.4 Å². The molecule has 0 spiro atoms. The first-order valence-corrected chi connectivity index (χ1v) is 8.60. The first-order valence-electron chi connectivity index (χ1n) is 8.60. The molecule has 0 saturated carbocycles. The minimum absolute atomic E-state index is 0.0937. The monoisotopic (exact) mass is 366 g/mol. The van der Waals surface area contributed by atoms with Crippen LogP contribution in [0.1, 0.15) is 40.7 Å². The van der Waals surface area contributed by atoms with E-state index in [0.717, 1.165) is 29.9 Å². The molecule has 2 aromatic rings. The number of hydrogen-bond acceptors (Lipinski definition) is 5. The zero-order valence-electron chi connectivity index (χ0n) is 15.9. The van der Waals surface area contributed by atoms with Crippen LogP contribution in [0, 0.1) is 25.2 Å². The summed E-state index contributed by atoms with van der Waals surface area (Å²) >= 11 is 0. The summed E-state index contributed by atoms with van der Waals surface area (Å²) in [6.45, 7) is 6.93. The Labute approximate surface area is 158 Å². The van der Waals surface area contributed by atoms with E-state index < -0.39 is 11.9 Å². The molecule has 1 aromatic heterocycles. The molecule has 1 heterocycles. The number of hydrogen-bond donors (Lipinski definition) is 0. The molecule has 0 fully saturated rings. The highest BCUT2D eigenvalue weighted by Gasteiger charge is 2.15. The average molecular weight is 366 g/mol. The molecule has 6 nitrogen and oxygen atoms in total. The van der Waals surface area contributed by atoms with Crippen molar-refractivity contribution in [2.24, 2.45) is 0 Å². The van der Waals surface area contributed by atoms with E-state index in [-0.39, 0.29) is 11.3 Å². The van der Waals surface area contributed by atoms with E-state index in [1.54, 1.807) is 6.08 Å². The van der Waals surface area contributed by atoms with Crippen LogP contribution in [0.15, 0.2) is 35.9 Å². The van der Waals surface area contributed by atoms with Crippen LogP contribution in [0.5, 0.6) is 5.75 Å². The number of aryl methyl sites for hydroxylation is 1. The molecule has 0 atom stereocenters. The Kier molecular flexibility index (Phi) is 6.56. The summed E-state index contributed by atoms with van der Waals surface area (Å²) < 4.78 is 12.0. The van der Waals surface area contributed by atoms with E-state index in [2.05, 4.69) is 16.2 Å². The van der Waals surface area contributed by atoms with Gasteiger partial charge in [0.25, 0.3) is 0 Å². The predicted octanol–water partition coefficient (Wildman–Crippen LogP) is 3.81. The fourth-order valence-electron chi connectivity index (χ4n) is 2.77. The average Bonchev–Trinajstić information content (AvgIpc) is 2.93. The molecule has 0 amide bonds. The summed E-state index contributed by atoms with van der Waals surface area (Å²) in [6.07, 6.45) is 2.54. The third-order valence-electron chi connectivity index (χ3n) is 4.19. The summed E-state index contributed by atoms with van der Waals surface area (Å²) in [6, 6.07) is 9.78. The smallest absolute Gasteiger partial charge is 0.354 e. The van der Waals surface area contributed by atoms with Gasteiger partial charge in [0, 0.05) is 17.9 Å². The van der Waals surface area contributed by atoms with Gasteiger partial charge in [-0.05, 0) is 62.2 Å². The number of ether oxygens (including phenoxy) is 2. The van der Waals surface area contributed by atoms with Crippen molar-refractivity contribution in [3.8, 4) is 11.8 Å². The quantitative estimate of drug-likeness (QED) is 0.336. The van der Waals surface area contributed by atoms with Gasteiger partial charge in [0.2, 0.25) is 0 Å². The number of carbonyl (C=O) groups excluding carboxylic acids is 2. The second kappa shape index (κ2) is 8.86. The summed E-state index contributed by atoms with van der Waals surface area (Å²) in [5, 5.41) is 9.37. The van der Waals surface area contributed by atoms with Crippen molar-refractivity contribution in [3.63, 3.8) is 0 Å². The first kappa shape index (κ1) is 20.0. The Morgan fingerprint density at radius 3 is 2.44 bits per heavy atom. The molecule has 0 aliphatic rings. The van der Waals surface area contributed by atoms with E-state index in [9.17, 15) is 14.9 Å². The molecule has 0 radical (unpaired) electrons. The molecule has 0 bridgehead atoms. The number of nitriles is 1. The van der Waals surface area contributed by atoms with Crippen LogP contribution < -0.4 is 4.74 Å². The van der Waals surface area contributed by atoms with Crippen LogP contribution in [0.4, 0.5) is 0 Å². The standard InChI is InChI=1S/C21H22N2O4/c1-5-10-23-14(2)11-17(15(23)3)12-18(13-22)21(25)27-19-8-6-16(7-9-19)20(24)26-4/h6-9,11-12H,5,10H2,1-4H3/b18-12+. The molecule has 140 valence electrons. The number of aromatic nitrogens is 1. The van der Waals surface area contributed by atoms with Crippen molar-refractivity contribution in [1.29, 1.82) is 5.26 Å². The Morgan fingerprint density at radius 1 is 1.22 bits per heavy atom. The highest BCUT2D eigenvalue weighted by atomic mass is 16.5. The van der Waals surface area contributed by atoms with Gasteiger partial charge in [0.05, 0.1) is 12.7 Å². The van der Waals surface area contributed by atoms with Gasteiger partial charge in [-0.15, -0.1) is 0 Å². The van der Waals surface area contributed by atoms with Gasteiger partial charge in [-0.25, -0.2) is 9.59 Å². The minimum atomic E-state index is -0.747. The molecule has 0 unspecified atom stereocenters. The highest BCUT2D eigenvalue weighted by Crippen LogP contribution is 2.20. The van der Waals surface area contributed by atoms with Gasteiger partial charge in [0.15, 0.2) is 0 Å². The maximum atomic E-state index is 12.3. The molecular weight excluding hydrogens is 344 g/mol. The van der Waals surface area contributed by atoms with Crippen molar-refractivity contribution in [2.75, 3.05) is 7.11 Å². The van der Waals surface area contributed by atoms with E-state index in [1.807, 2.05) is 26.0 Å². The van der Waals surface area contributed by atoms with Gasteiger partial charge in [-0.2, -0.15) is 5.26 Å². The zero-order chi connectivity index (χ0) is 20.0. The number of carbonyl (C=O) groups is 2. The van der Waals surface area contributed by atoms with Crippen molar-refractivity contribution >= 4 is 18.0 Å². The topological polar surface area (TPSA) is 81.3 Å². The van der Waals surface area contributed by atoms with Crippen molar-refractivity contribution in [3.05, 3.63) is 58.4 Å². The van der Waals surface area contributed by atoms with Crippen LogP contribution in [-0.2, 0) is 16.1 Å². The molecule has 0 N–H and O–H groups in total. The lowest BCUT2D eigenvalue weighted by Crippen LogP contribution is -2.10. The first-order chi connectivity index (χ1) is 12.9. The third kappa shape index (κ3) is 4.64. The van der Waals surface area contributed by atoms with Crippen LogP contribution in [0.2, 0.25) is 0 Å². The zero-order valence-corrected chi connectivity index (χ0v) is 15.9. The molecular formula is C21H22N2O4. The minimum Gasteiger partial charge on any atom is -0.465 e. The number of benzene rings is 1. The van der Waals surface area contributed by atoms with E-state index in [0.29, 0.717) is 5.56 Å². The Bertz CT molecular complexity index is 915. The largest absolute Gasteiger partial charge is 0.465 e. The lowest BCUT2D eigenvalue weighted by molar-refractivity contribution is -0.129. The molecule has 27 heavy (non-hydrogen) atoms. The number of rotatable bonds is 6. The molecule has 1 aromatic carbocycles. The van der Waals surface area contributed by atoms with Crippen LogP contribution in [0.25, 0.3) is 6.08 Å². The van der Waals surface area contributed by atoms with Crippen molar-refractivity contribution in [2.45, 2.75) is 33.7 Å². The number of nitrogens with zero attached hydrogens (tertiary/aromatic N) is 2. The maximum absolute atomic E-state index is 12.3. The fraction of sp³-hybridized carbons (Fsp3) is 0.286. The predicted molar refractivity (Wildman–Crippen MR) is 101 cm³/mol. The summed E-state index contributed by atoms with van der Waals surface area (Å²) in [5.41, 5.74) is 3.14. The Morgan fingerprint density at radius 2 is 1.89 bits per heavy atom. The number of methoxy groups -OCH3 is 1. The molecule has 6 heteroatoms. The van der Waals surface area contributed by atoms with E-state index in [4.69, 9.17) is 4.74 Å². The molecule has 0 aliphatic carbocycles. The summed E-state index contributed by atoms with van der Waals surface area (Å²) in [7, 11) is 1.29. The van der Waals surface area contributed by atoms with Crippen LogP contribution >= 0.6 is 0 Å². The van der Waals surface area contributed by atoms with Crippen molar-refractivity contribution < 1.29 is 19.1 Å². The second-order valence-electron chi connectivity index (χ2n) is 6.05. The van der Waals surface area contributed by atoms with Crippen molar-refractivity contribution in [1.82, 2.24) is 4.57 Å². The van der Waals surface area contributed by atoms with Gasteiger partial charge in [0.1, 0.15) is 17.4 Å². The summed E-state index contributed by atoms with van der Waals surface area (Å²) in [4.78, 5) is 23.8. The SMILES string of the molecule is CCCn1c(C)cc(/C=C(\C#N)C(=O)Oc2ccc(C(=O)OC)cc2)c1C. The second-order valence-corrected chi connectivity index (χ2v) is 6.05. The van der Waals surface area contributed by atoms with Gasteiger partial charge < -0.3 is 14.0 Å². The fourth-order valence-corrected chi connectivity index (χ4v) is 2.77. The Hall–Kier alpha value is -3.33. The Balaban J connectivity index is 2.21. The molecule has 0 aliphatic heterocycles. The molecule has 2 rings (SSSR count). The maximum Gasteiger partial charge on any atom is 0.354 e. The highest BCUT2D eigenvalue weighted by molar-refractivity contribution is 5.99. The van der Waals surface area contributed by atoms with Gasteiger partial charge >= 0.3 is 11.9 Å². The van der Waals surface area contributed by atoms with Gasteiger partial charge in [-0.1, -0.05) is 6.92 Å². The lowest BCUT2D eigenvalue weighted by Gasteiger charge is -2.07. The third-order valence-corrected chi connectivity index (χ3v) is 4.19. The van der Waals surface area contributed by atoms with E-state index >= 15 is 0 Å². The van der Waals surface area contributed by atoms with Crippen LogP contribution in [0.3, 0.4) is 0 Å². The normalized spacial score (nSPS) is 11.0. The summed E-state index contributed by atoms with van der Waals surface area (Å²) in [5.74, 6) is -0.984. The number of esters is 2. The molecule has 0 saturated heterocycles. The lowest BCUT2D eigenvalue weighted by atomic mass is 10.1. The van der Waals surface area contributed by atoms with Gasteiger partial charge in [-0.3, -0.25) is 0 Å².